The van der Waals surface area contributed by atoms with Crippen LogP contribution < -0.4 is 20.1 Å². The van der Waals surface area contributed by atoms with Gasteiger partial charge in [0.2, 0.25) is 0 Å². The minimum absolute atomic E-state index is 0. The molecule has 0 atom stereocenters. The van der Waals surface area contributed by atoms with Crippen molar-refractivity contribution in [3.05, 3.63) is 23.8 Å². The highest BCUT2D eigenvalue weighted by molar-refractivity contribution is 14.0. The fourth-order valence-electron chi connectivity index (χ4n) is 3.57. The van der Waals surface area contributed by atoms with Crippen molar-refractivity contribution in [2.45, 2.75) is 38.1 Å². The van der Waals surface area contributed by atoms with E-state index in [0.29, 0.717) is 6.04 Å². The predicted molar refractivity (Wildman–Crippen MR) is 134 cm³/mol. The lowest BCUT2D eigenvalue weighted by molar-refractivity contribution is 0.128. The third-order valence-electron chi connectivity index (χ3n) is 5.63. The molecular weight excluding hydrogens is 495 g/mol. The first-order valence-corrected chi connectivity index (χ1v) is 10.3. The molecule has 0 spiro atoms. The van der Waals surface area contributed by atoms with Crippen LogP contribution in [0.15, 0.2) is 23.2 Å². The summed E-state index contributed by atoms with van der Waals surface area (Å²) in [5.74, 6) is 2.35. The van der Waals surface area contributed by atoms with Crippen LogP contribution in [0.4, 0.5) is 0 Å². The smallest absolute Gasteiger partial charge is 0.191 e. The molecule has 30 heavy (non-hydrogen) atoms. The second-order valence-corrected chi connectivity index (χ2v) is 8.13. The molecule has 0 aliphatic carbocycles. The van der Waals surface area contributed by atoms with Crippen molar-refractivity contribution in [2.75, 3.05) is 61.2 Å². The van der Waals surface area contributed by atoms with Crippen molar-refractivity contribution >= 4 is 29.9 Å². The van der Waals surface area contributed by atoms with Crippen LogP contribution in [0.25, 0.3) is 0 Å². The van der Waals surface area contributed by atoms with Crippen LogP contribution in [0, 0.1) is 0 Å². The lowest BCUT2D eigenvalue weighted by Crippen LogP contribution is -2.50. The number of likely N-dealkylation sites (tertiary alicyclic amines) is 1. The summed E-state index contributed by atoms with van der Waals surface area (Å²) < 4.78 is 16.0. The molecule has 1 aliphatic heterocycles. The monoisotopic (exact) mass is 534 g/mol. The summed E-state index contributed by atoms with van der Waals surface area (Å²) >= 11 is 0. The number of halogens is 1. The van der Waals surface area contributed by atoms with Crippen LogP contribution in [0.5, 0.6) is 11.5 Å². The molecule has 0 amide bonds. The normalized spacial score (nSPS) is 16.0. The number of methoxy groups -OCH3 is 3. The molecule has 0 radical (unpaired) electrons. The first kappa shape index (κ1) is 26.8. The molecule has 1 heterocycles. The van der Waals surface area contributed by atoms with E-state index < -0.39 is 0 Å². The van der Waals surface area contributed by atoms with Gasteiger partial charge in [0.05, 0.1) is 20.8 Å². The quantitative estimate of drug-likeness (QED) is 0.289. The average Bonchev–Trinajstić information content (AvgIpc) is 2.75. The van der Waals surface area contributed by atoms with Gasteiger partial charge in [-0.25, -0.2) is 0 Å². The fourth-order valence-corrected chi connectivity index (χ4v) is 3.57. The Bertz CT molecular complexity index is 662. The molecule has 1 saturated heterocycles. The SMILES string of the molecule is CN=C(NCC(C)(C)c1ccc(OC)c(OC)c1)NC1CCN(CCOC)CC1.I. The molecule has 2 rings (SSSR count). The van der Waals surface area contributed by atoms with Crippen LogP contribution >= 0.6 is 24.0 Å². The Kier molecular flexibility index (Phi) is 11.8. The number of hydrogen-bond acceptors (Lipinski definition) is 5. The second kappa shape index (κ2) is 13.2. The summed E-state index contributed by atoms with van der Waals surface area (Å²) in [6.07, 6.45) is 2.23. The number of piperidine rings is 1. The first-order valence-electron chi connectivity index (χ1n) is 10.3. The Labute approximate surface area is 199 Å². The number of nitrogens with one attached hydrogen (secondary N) is 2. The number of ether oxygens (including phenoxy) is 3. The molecule has 1 fully saturated rings. The van der Waals surface area contributed by atoms with E-state index in [2.05, 4.69) is 40.4 Å². The van der Waals surface area contributed by atoms with Gasteiger partial charge in [0, 0.05) is 51.8 Å². The molecule has 2 N–H and O–H groups in total. The summed E-state index contributed by atoms with van der Waals surface area (Å²) in [4.78, 5) is 6.88. The van der Waals surface area contributed by atoms with Crippen LogP contribution in [-0.2, 0) is 10.2 Å². The Morgan fingerprint density at radius 1 is 1.13 bits per heavy atom. The van der Waals surface area contributed by atoms with Gasteiger partial charge in [-0.1, -0.05) is 19.9 Å². The third kappa shape index (κ3) is 7.77. The maximum Gasteiger partial charge on any atom is 0.191 e. The summed E-state index contributed by atoms with van der Waals surface area (Å²) in [5, 5.41) is 7.08. The van der Waals surface area contributed by atoms with Crippen LogP contribution in [0.1, 0.15) is 32.3 Å². The summed E-state index contributed by atoms with van der Waals surface area (Å²) in [6.45, 7) is 9.17. The Hall–Kier alpha value is -1.26. The number of aliphatic imine (C=N–C) groups is 1. The van der Waals surface area contributed by atoms with Crippen molar-refractivity contribution in [2.24, 2.45) is 4.99 Å². The molecule has 8 heteroatoms. The predicted octanol–water partition coefficient (Wildman–Crippen LogP) is 2.88. The summed E-state index contributed by atoms with van der Waals surface area (Å²) in [6, 6.07) is 6.55. The molecule has 1 aliphatic rings. The van der Waals surface area contributed by atoms with Crippen LogP contribution in [-0.4, -0.2) is 78.1 Å². The molecule has 0 aromatic heterocycles. The molecule has 0 saturated carbocycles. The van der Waals surface area contributed by atoms with Crippen molar-refractivity contribution in [1.29, 1.82) is 0 Å². The largest absolute Gasteiger partial charge is 0.493 e. The topological polar surface area (TPSA) is 67.4 Å². The highest BCUT2D eigenvalue weighted by Crippen LogP contribution is 2.32. The molecule has 1 aromatic rings. The van der Waals surface area contributed by atoms with Gasteiger partial charge in [0.15, 0.2) is 17.5 Å². The van der Waals surface area contributed by atoms with Crippen LogP contribution in [0.2, 0.25) is 0 Å². The van der Waals surface area contributed by atoms with Crippen molar-refractivity contribution in [3.63, 3.8) is 0 Å². The van der Waals surface area contributed by atoms with E-state index in [1.807, 2.05) is 19.2 Å². The van der Waals surface area contributed by atoms with Gasteiger partial charge < -0.3 is 29.7 Å². The summed E-state index contributed by atoms with van der Waals surface area (Å²) in [5.41, 5.74) is 1.09. The minimum Gasteiger partial charge on any atom is -0.493 e. The number of guanidine groups is 1. The van der Waals surface area contributed by atoms with E-state index in [9.17, 15) is 0 Å². The lowest BCUT2D eigenvalue weighted by atomic mass is 9.84. The van der Waals surface area contributed by atoms with Gasteiger partial charge in [0.25, 0.3) is 0 Å². The number of rotatable bonds is 9. The van der Waals surface area contributed by atoms with E-state index in [-0.39, 0.29) is 29.4 Å². The number of benzene rings is 1. The van der Waals surface area contributed by atoms with Gasteiger partial charge in [-0.3, -0.25) is 4.99 Å². The highest BCUT2D eigenvalue weighted by Gasteiger charge is 2.24. The van der Waals surface area contributed by atoms with Gasteiger partial charge in [-0.15, -0.1) is 24.0 Å². The fraction of sp³-hybridized carbons (Fsp3) is 0.682. The van der Waals surface area contributed by atoms with Gasteiger partial charge in [-0.2, -0.15) is 0 Å². The second-order valence-electron chi connectivity index (χ2n) is 8.13. The van der Waals surface area contributed by atoms with E-state index in [0.717, 1.165) is 63.1 Å². The van der Waals surface area contributed by atoms with Gasteiger partial charge >= 0.3 is 0 Å². The van der Waals surface area contributed by atoms with Crippen molar-refractivity contribution < 1.29 is 14.2 Å². The third-order valence-corrected chi connectivity index (χ3v) is 5.63. The average molecular weight is 534 g/mol. The highest BCUT2D eigenvalue weighted by atomic mass is 127. The molecule has 1 aromatic carbocycles. The van der Waals surface area contributed by atoms with E-state index >= 15 is 0 Å². The zero-order valence-corrected chi connectivity index (χ0v) is 21.6. The first-order chi connectivity index (χ1) is 13.9. The molecule has 172 valence electrons. The van der Waals surface area contributed by atoms with Gasteiger partial charge in [-0.05, 0) is 30.5 Å². The molecule has 0 bridgehead atoms. The lowest BCUT2D eigenvalue weighted by Gasteiger charge is -2.33. The number of hydrogen-bond donors (Lipinski definition) is 2. The van der Waals surface area contributed by atoms with E-state index in [4.69, 9.17) is 14.2 Å². The van der Waals surface area contributed by atoms with Crippen LogP contribution in [0.3, 0.4) is 0 Å². The van der Waals surface area contributed by atoms with Crippen molar-refractivity contribution in [3.8, 4) is 11.5 Å². The van der Waals surface area contributed by atoms with E-state index in [1.54, 1.807) is 21.3 Å². The molecule has 7 nitrogen and oxygen atoms in total. The maximum atomic E-state index is 5.46. The Morgan fingerprint density at radius 3 is 2.37 bits per heavy atom. The standard InChI is InChI=1S/C22H38N4O3.HI/c1-22(2,17-7-8-19(28-5)20(15-17)29-6)16-24-21(23-3)25-18-9-11-26(12-10-18)13-14-27-4;/h7-8,15,18H,9-14,16H2,1-6H3,(H2,23,24,25);1H. The van der Waals surface area contributed by atoms with Crippen molar-refractivity contribution in [1.82, 2.24) is 15.5 Å². The Morgan fingerprint density at radius 2 is 1.80 bits per heavy atom. The molecular formula is C22H39IN4O3. The number of nitrogens with zero attached hydrogens (tertiary/aromatic N) is 2. The minimum atomic E-state index is -0.0965. The zero-order valence-electron chi connectivity index (χ0n) is 19.3. The van der Waals surface area contributed by atoms with E-state index in [1.165, 1.54) is 5.56 Å². The Balaban J connectivity index is 0.00000450. The summed E-state index contributed by atoms with van der Waals surface area (Å²) in [7, 11) is 6.90. The van der Waals surface area contributed by atoms with Gasteiger partial charge in [0.1, 0.15) is 0 Å². The molecule has 0 unspecified atom stereocenters. The maximum absolute atomic E-state index is 5.46. The zero-order chi connectivity index (χ0) is 21.3.